The predicted molar refractivity (Wildman–Crippen MR) is 62.5 cm³/mol. The summed E-state index contributed by atoms with van der Waals surface area (Å²) >= 11 is 5.95. The number of hydrogen-bond acceptors (Lipinski definition) is 2. The Labute approximate surface area is 99.7 Å². The molecule has 2 nitrogen and oxygen atoms in total. The van der Waals surface area contributed by atoms with E-state index in [1.54, 1.807) is 0 Å². The molecule has 1 unspecified atom stereocenters. The number of ether oxygens (including phenoxy) is 1. The molecule has 0 amide bonds. The zero-order chi connectivity index (χ0) is 11.4. The lowest BCUT2D eigenvalue weighted by atomic mass is 10.1. The first kappa shape index (κ1) is 11.7. The lowest BCUT2D eigenvalue weighted by Gasteiger charge is -2.17. The van der Waals surface area contributed by atoms with Crippen molar-refractivity contribution in [2.75, 3.05) is 13.1 Å². The first-order valence-electron chi connectivity index (χ1n) is 5.58. The highest BCUT2D eigenvalue weighted by Crippen LogP contribution is 2.27. The number of nitrogens with one attached hydrogen (secondary N) is 1. The summed E-state index contributed by atoms with van der Waals surface area (Å²) in [5, 5.41) is 3.77. The number of benzene rings is 1. The van der Waals surface area contributed by atoms with Gasteiger partial charge in [0, 0.05) is 6.07 Å². The number of rotatable bonds is 2. The Morgan fingerprint density at radius 3 is 3.06 bits per heavy atom. The van der Waals surface area contributed by atoms with E-state index in [2.05, 4.69) is 5.32 Å². The lowest BCUT2D eigenvalue weighted by molar-refractivity contribution is 0.187. The molecule has 1 fully saturated rings. The normalized spacial score (nSPS) is 21.5. The Morgan fingerprint density at radius 2 is 2.19 bits per heavy atom. The molecular formula is C12H15ClFNO. The van der Waals surface area contributed by atoms with Crippen LogP contribution in [0.5, 0.6) is 5.75 Å². The summed E-state index contributed by atoms with van der Waals surface area (Å²) < 4.78 is 18.8. The molecule has 1 aliphatic heterocycles. The minimum atomic E-state index is -0.314. The van der Waals surface area contributed by atoms with Gasteiger partial charge in [0.2, 0.25) is 0 Å². The summed E-state index contributed by atoms with van der Waals surface area (Å²) in [5.74, 6) is 0.139. The van der Waals surface area contributed by atoms with E-state index in [0.717, 1.165) is 32.4 Å². The summed E-state index contributed by atoms with van der Waals surface area (Å²) in [6.07, 6.45) is 3.14. The molecule has 1 aliphatic rings. The molecule has 16 heavy (non-hydrogen) atoms. The van der Waals surface area contributed by atoms with Crippen molar-refractivity contribution in [3.63, 3.8) is 0 Å². The standard InChI is InChI=1S/C12H15ClFNO/c13-11-4-3-9(14)8-12(11)16-10-2-1-6-15-7-5-10/h3-4,8,10,15H,1-2,5-7H2. The van der Waals surface area contributed by atoms with Gasteiger partial charge in [-0.25, -0.2) is 4.39 Å². The van der Waals surface area contributed by atoms with Crippen molar-refractivity contribution in [3.05, 3.63) is 29.0 Å². The van der Waals surface area contributed by atoms with E-state index in [1.165, 1.54) is 18.2 Å². The van der Waals surface area contributed by atoms with Gasteiger partial charge in [-0.05, 0) is 44.5 Å². The quantitative estimate of drug-likeness (QED) is 0.862. The Bertz CT molecular complexity index is 351. The minimum Gasteiger partial charge on any atom is -0.489 e. The van der Waals surface area contributed by atoms with Crippen molar-refractivity contribution in [1.29, 1.82) is 0 Å². The summed E-state index contributed by atoms with van der Waals surface area (Å²) in [7, 11) is 0. The second-order valence-electron chi connectivity index (χ2n) is 4.00. The van der Waals surface area contributed by atoms with E-state index < -0.39 is 0 Å². The first-order chi connectivity index (χ1) is 7.75. The second-order valence-corrected chi connectivity index (χ2v) is 4.40. The van der Waals surface area contributed by atoms with E-state index in [9.17, 15) is 4.39 Å². The van der Waals surface area contributed by atoms with Crippen molar-refractivity contribution in [2.24, 2.45) is 0 Å². The van der Waals surface area contributed by atoms with Crippen LogP contribution < -0.4 is 10.1 Å². The van der Waals surface area contributed by atoms with E-state index in [1.807, 2.05) is 0 Å². The first-order valence-corrected chi connectivity index (χ1v) is 5.96. The zero-order valence-electron chi connectivity index (χ0n) is 9.01. The molecule has 1 N–H and O–H groups in total. The van der Waals surface area contributed by atoms with Gasteiger partial charge in [-0.3, -0.25) is 0 Å². The highest BCUT2D eigenvalue weighted by atomic mass is 35.5. The molecule has 1 aromatic carbocycles. The van der Waals surface area contributed by atoms with E-state index >= 15 is 0 Å². The SMILES string of the molecule is Fc1ccc(Cl)c(OC2CCCNCC2)c1. The number of halogens is 2. The van der Waals surface area contributed by atoms with Crippen LogP contribution in [0, 0.1) is 5.82 Å². The van der Waals surface area contributed by atoms with E-state index in [-0.39, 0.29) is 11.9 Å². The predicted octanol–water partition coefficient (Wildman–Crippen LogP) is 3.00. The van der Waals surface area contributed by atoms with Gasteiger partial charge in [0.05, 0.1) is 5.02 Å². The topological polar surface area (TPSA) is 21.3 Å². The molecule has 0 aliphatic carbocycles. The maximum atomic E-state index is 13.0. The maximum Gasteiger partial charge on any atom is 0.141 e. The van der Waals surface area contributed by atoms with Crippen LogP contribution in [0.3, 0.4) is 0 Å². The van der Waals surface area contributed by atoms with Crippen LogP contribution >= 0.6 is 11.6 Å². The third kappa shape index (κ3) is 3.09. The molecule has 0 bridgehead atoms. The summed E-state index contributed by atoms with van der Waals surface area (Å²) in [6.45, 7) is 1.97. The summed E-state index contributed by atoms with van der Waals surface area (Å²) in [5.41, 5.74) is 0. The van der Waals surface area contributed by atoms with Crippen LogP contribution in [0.2, 0.25) is 5.02 Å². The van der Waals surface area contributed by atoms with E-state index in [0.29, 0.717) is 10.8 Å². The van der Waals surface area contributed by atoms with Crippen molar-refractivity contribution in [1.82, 2.24) is 5.32 Å². The molecule has 1 aromatic rings. The van der Waals surface area contributed by atoms with E-state index in [4.69, 9.17) is 16.3 Å². The van der Waals surface area contributed by atoms with Gasteiger partial charge in [0.25, 0.3) is 0 Å². The Kier molecular flexibility index (Phi) is 4.02. The minimum absolute atomic E-state index is 0.134. The fraction of sp³-hybridized carbons (Fsp3) is 0.500. The molecule has 1 saturated heterocycles. The maximum absolute atomic E-state index is 13.0. The van der Waals surface area contributed by atoms with Crippen molar-refractivity contribution in [2.45, 2.75) is 25.4 Å². The Balaban J connectivity index is 2.04. The molecule has 0 aromatic heterocycles. The third-order valence-corrected chi connectivity index (χ3v) is 3.02. The van der Waals surface area contributed by atoms with Crippen LogP contribution in [0.1, 0.15) is 19.3 Å². The van der Waals surface area contributed by atoms with Crippen LogP contribution in [0.25, 0.3) is 0 Å². The summed E-state index contributed by atoms with van der Waals surface area (Å²) in [6, 6.07) is 4.21. The van der Waals surface area contributed by atoms with Gasteiger partial charge in [0.1, 0.15) is 17.7 Å². The summed E-state index contributed by atoms with van der Waals surface area (Å²) in [4.78, 5) is 0. The van der Waals surface area contributed by atoms with Gasteiger partial charge in [-0.1, -0.05) is 11.6 Å². The number of hydrogen-bond donors (Lipinski definition) is 1. The van der Waals surface area contributed by atoms with Gasteiger partial charge < -0.3 is 10.1 Å². The van der Waals surface area contributed by atoms with Crippen molar-refractivity contribution < 1.29 is 9.13 Å². The molecule has 2 rings (SSSR count). The van der Waals surface area contributed by atoms with Crippen molar-refractivity contribution in [3.8, 4) is 5.75 Å². The zero-order valence-corrected chi connectivity index (χ0v) is 9.77. The average molecular weight is 244 g/mol. The van der Waals surface area contributed by atoms with Crippen LogP contribution in [-0.2, 0) is 0 Å². The smallest absolute Gasteiger partial charge is 0.141 e. The molecule has 4 heteroatoms. The van der Waals surface area contributed by atoms with Crippen molar-refractivity contribution >= 4 is 11.6 Å². The molecule has 1 atom stereocenters. The molecule has 88 valence electrons. The molecular weight excluding hydrogens is 229 g/mol. The highest BCUT2D eigenvalue weighted by Gasteiger charge is 2.15. The second kappa shape index (κ2) is 5.51. The molecule has 0 spiro atoms. The lowest BCUT2D eigenvalue weighted by Crippen LogP contribution is -2.19. The largest absolute Gasteiger partial charge is 0.489 e. The fourth-order valence-electron chi connectivity index (χ4n) is 1.85. The van der Waals surface area contributed by atoms with Crippen LogP contribution in [-0.4, -0.2) is 19.2 Å². The third-order valence-electron chi connectivity index (χ3n) is 2.71. The Hall–Kier alpha value is -0.800. The van der Waals surface area contributed by atoms with Gasteiger partial charge >= 0.3 is 0 Å². The highest BCUT2D eigenvalue weighted by molar-refractivity contribution is 6.32. The van der Waals surface area contributed by atoms with Gasteiger partial charge in [-0.2, -0.15) is 0 Å². The van der Waals surface area contributed by atoms with Gasteiger partial charge in [-0.15, -0.1) is 0 Å². The average Bonchev–Trinajstić information content (AvgIpc) is 2.52. The molecule has 1 heterocycles. The molecule has 0 radical (unpaired) electrons. The van der Waals surface area contributed by atoms with Crippen LogP contribution in [0.4, 0.5) is 4.39 Å². The van der Waals surface area contributed by atoms with Crippen LogP contribution in [0.15, 0.2) is 18.2 Å². The monoisotopic (exact) mass is 243 g/mol. The molecule has 0 saturated carbocycles. The van der Waals surface area contributed by atoms with Gasteiger partial charge in [0.15, 0.2) is 0 Å². The Morgan fingerprint density at radius 1 is 1.31 bits per heavy atom. The fourth-order valence-corrected chi connectivity index (χ4v) is 2.01.